The van der Waals surface area contributed by atoms with Gasteiger partial charge in [-0.1, -0.05) is 0 Å². The van der Waals surface area contributed by atoms with Crippen LogP contribution in [-0.4, -0.2) is 50.6 Å². The number of rotatable bonds is 5. The van der Waals surface area contributed by atoms with Gasteiger partial charge in [0.15, 0.2) is 11.5 Å². The van der Waals surface area contributed by atoms with Crippen molar-refractivity contribution < 1.29 is 22.3 Å². The Morgan fingerprint density at radius 1 is 1.03 bits per heavy atom. The van der Waals surface area contributed by atoms with Crippen LogP contribution in [0.2, 0.25) is 0 Å². The average Bonchev–Trinajstić information content (AvgIpc) is 3.13. The molecule has 0 spiro atoms. The first-order chi connectivity index (χ1) is 13.9. The molecule has 1 saturated heterocycles. The lowest BCUT2D eigenvalue weighted by atomic mass is 10.1. The summed E-state index contributed by atoms with van der Waals surface area (Å²) in [5.41, 5.74) is 0.417. The molecule has 29 heavy (non-hydrogen) atoms. The minimum Gasteiger partial charge on any atom is -0.493 e. The van der Waals surface area contributed by atoms with E-state index in [4.69, 9.17) is 9.47 Å². The molecule has 0 N–H and O–H groups in total. The number of piperidine rings is 1. The van der Waals surface area contributed by atoms with Gasteiger partial charge in [0.25, 0.3) is 10.0 Å². The Bertz CT molecular complexity index is 1130. The predicted octanol–water partition coefficient (Wildman–Crippen LogP) is 3.50. The molecule has 1 aliphatic heterocycles. The normalized spacial score (nSPS) is 16.2. The van der Waals surface area contributed by atoms with Crippen LogP contribution in [0.3, 0.4) is 0 Å². The quantitative estimate of drug-likeness (QED) is 0.635. The number of halogens is 1. The molecule has 154 valence electrons. The van der Waals surface area contributed by atoms with E-state index in [1.54, 1.807) is 12.1 Å². The van der Waals surface area contributed by atoms with E-state index in [2.05, 4.69) is 11.9 Å². The highest BCUT2D eigenvalue weighted by atomic mass is 32.2. The van der Waals surface area contributed by atoms with Crippen LogP contribution in [0, 0.1) is 5.82 Å². The summed E-state index contributed by atoms with van der Waals surface area (Å²) in [6, 6.07) is 10.2. The summed E-state index contributed by atoms with van der Waals surface area (Å²) in [5, 5.41) is 0.518. The average molecular weight is 418 g/mol. The van der Waals surface area contributed by atoms with E-state index in [9.17, 15) is 12.8 Å². The van der Waals surface area contributed by atoms with Gasteiger partial charge >= 0.3 is 0 Å². The Morgan fingerprint density at radius 3 is 2.52 bits per heavy atom. The van der Waals surface area contributed by atoms with Crippen LogP contribution in [0.5, 0.6) is 11.5 Å². The van der Waals surface area contributed by atoms with Gasteiger partial charge in [-0.15, -0.1) is 0 Å². The number of aromatic nitrogens is 1. The van der Waals surface area contributed by atoms with E-state index in [1.807, 2.05) is 0 Å². The monoisotopic (exact) mass is 418 g/mol. The first kappa shape index (κ1) is 19.7. The Labute approximate surface area is 169 Å². The Balaban J connectivity index is 1.70. The number of likely N-dealkylation sites (tertiary alicyclic amines) is 1. The molecule has 0 radical (unpaired) electrons. The van der Waals surface area contributed by atoms with Crippen molar-refractivity contribution in [1.82, 2.24) is 8.87 Å². The second-order valence-corrected chi connectivity index (χ2v) is 9.07. The second kappa shape index (κ2) is 7.68. The largest absolute Gasteiger partial charge is 0.493 e. The maximum Gasteiger partial charge on any atom is 0.268 e. The lowest BCUT2D eigenvalue weighted by molar-refractivity contribution is 0.111. The molecule has 0 amide bonds. The van der Waals surface area contributed by atoms with Gasteiger partial charge in [0.05, 0.1) is 17.5 Å². The molecule has 0 saturated carbocycles. The van der Waals surface area contributed by atoms with Gasteiger partial charge in [-0.25, -0.2) is 16.8 Å². The maximum absolute atomic E-state index is 13.5. The van der Waals surface area contributed by atoms with Crippen LogP contribution in [0.1, 0.15) is 12.8 Å². The van der Waals surface area contributed by atoms with Crippen LogP contribution in [0.25, 0.3) is 10.9 Å². The molecular weight excluding hydrogens is 395 g/mol. The van der Waals surface area contributed by atoms with Crippen LogP contribution < -0.4 is 9.47 Å². The number of benzene rings is 2. The number of ether oxygens (including phenoxy) is 2. The number of hydrogen-bond acceptors (Lipinski definition) is 5. The van der Waals surface area contributed by atoms with Gasteiger partial charge in [-0.3, -0.25) is 0 Å². The minimum absolute atomic E-state index is 0.00781. The zero-order chi connectivity index (χ0) is 20.6. The fourth-order valence-corrected chi connectivity index (χ4v) is 4.97. The van der Waals surface area contributed by atoms with Crippen molar-refractivity contribution in [3.05, 3.63) is 54.5 Å². The smallest absolute Gasteiger partial charge is 0.268 e. The van der Waals surface area contributed by atoms with Crippen LogP contribution >= 0.6 is 0 Å². The van der Waals surface area contributed by atoms with Crippen molar-refractivity contribution in [3.8, 4) is 11.5 Å². The van der Waals surface area contributed by atoms with Gasteiger partial charge in [0.2, 0.25) is 0 Å². The van der Waals surface area contributed by atoms with Crippen LogP contribution in [0.15, 0.2) is 53.6 Å². The van der Waals surface area contributed by atoms with E-state index >= 15 is 0 Å². The number of methoxy groups -OCH3 is 1. The summed E-state index contributed by atoms with van der Waals surface area (Å²) < 4.78 is 52.6. The molecule has 2 heterocycles. The summed E-state index contributed by atoms with van der Waals surface area (Å²) in [6.45, 7) is 1.85. The van der Waals surface area contributed by atoms with Crippen molar-refractivity contribution in [2.75, 3.05) is 27.2 Å². The lowest BCUT2D eigenvalue weighted by Crippen LogP contribution is -2.35. The third-order valence-electron chi connectivity index (χ3n) is 5.27. The second-order valence-electron chi connectivity index (χ2n) is 7.25. The molecule has 3 aromatic rings. The molecule has 0 atom stereocenters. The minimum atomic E-state index is -3.88. The van der Waals surface area contributed by atoms with Crippen molar-refractivity contribution in [2.24, 2.45) is 0 Å². The molecule has 2 aromatic carbocycles. The molecule has 8 heteroatoms. The van der Waals surface area contributed by atoms with Crippen molar-refractivity contribution in [2.45, 2.75) is 23.8 Å². The van der Waals surface area contributed by atoms with Gasteiger partial charge < -0.3 is 14.4 Å². The maximum atomic E-state index is 13.5. The highest BCUT2D eigenvalue weighted by Crippen LogP contribution is 2.33. The van der Waals surface area contributed by atoms with Crippen LogP contribution in [-0.2, 0) is 10.0 Å². The molecule has 1 aliphatic rings. The van der Waals surface area contributed by atoms with Gasteiger partial charge in [0, 0.05) is 30.7 Å². The van der Waals surface area contributed by atoms with E-state index in [0.29, 0.717) is 22.4 Å². The molecule has 0 aliphatic carbocycles. The fraction of sp³-hybridized carbons (Fsp3) is 0.333. The number of hydrogen-bond donors (Lipinski definition) is 0. The lowest BCUT2D eigenvalue weighted by Gasteiger charge is -2.29. The highest BCUT2D eigenvalue weighted by molar-refractivity contribution is 7.90. The topological polar surface area (TPSA) is 60.8 Å². The molecule has 1 aromatic heterocycles. The molecule has 1 fully saturated rings. The summed E-state index contributed by atoms with van der Waals surface area (Å²) in [6.07, 6.45) is 3.17. The van der Waals surface area contributed by atoms with Crippen molar-refractivity contribution in [1.29, 1.82) is 0 Å². The van der Waals surface area contributed by atoms with Crippen molar-refractivity contribution in [3.63, 3.8) is 0 Å². The summed E-state index contributed by atoms with van der Waals surface area (Å²) in [4.78, 5) is 2.32. The molecule has 6 nitrogen and oxygen atoms in total. The van der Waals surface area contributed by atoms with Crippen molar-refractivity contribution >= 4 is 20.9 Å². The fourth-order valence-electron chi connectivity index (χ4n) is 3.60. The summed E-state index contributed by atoms with van der Waals surface area (Å²) >= 11 is 0. The Kier molecular flexibility index (Phi) is 5.23. The predicted molar refractivity (Wildman–Crippen MR) is 109 cm³/mol. The molecule has 0 bridgehead atoms. The standard InChI is InChI=1S/C21H23FN2O4S/c1-23-10-8-17(9-11-23)28-21-14-18(4-6-20(21)27-2)29(25,26)24-12-7-15-13-16(22)3-5-19(15)24/h3-7,12-14,17H,8-11H2,1-2H3. The zero-order valence-electron chi connectivity index (χ0n) is 16.3. The number of nitrogens with zero attached hydrogens (tertiary/aromatic N) is 2. The Morgan fingerprint density at radius 2 is 1.79 bits per heavy atom. The third-order valence-corrected chi connectivity index (χ3v) is 6.95. The first-order valence-corrected chi connectivity index (χ1v) is 10.9. The van der Waals surface area contributed by atoms with E-state index in [1.165, 1.54) is 43.6 Å². The number of fused-ring (bicyclic) bond motifs is 1. The van der Waals surface area contributed by atoms with E-state index < -0.39 is 15.8 Å². The summed E-state index contributed by atoms with van der Waals surface area (Å²) in [7, 11) is -0.288. The van der Waals surface area contributed by atoms with E-state index in [0.717, 1.165) is 29.9 Å². The first-order valence-electron chi connectivity index (χ1n) is 9.44. The SMILES string of the molecule is COc1ccc(S(=O)(=O)n2ccc3cc(F)ccc32)cc1OC1CCN(C)CC1. The molecule has 4 rings (SSSR count). The highest BCUT2D eigenvalue weighted by Gasteiger charge is 2.24. The Hall–Kier alpha value is -2.58. The zero-order valence-corrected chi connectivity index (χ0v) is 17.2. The van der Waals surface area contributed by atoms with Gasteiger partial charge in [-0.05, 0) is 56.3 Å². The van der Waals surface area contributed by atoms with Gasteiger partial charge in [0.1, 0.15) is 11.9 Å². The summed E-state index contributed by atoms with van der Waals surface area (Å²) in [5.74, 6) is 0.485. The third kappa shape index (κ3) is 3.82. The van der Waals surface area contributed by atoms with Crippen LogP contribution in [0.4, 0.5) is 4.39 Å². The van der Waals surface area contributed by atoms with E-state index in [-0.39, 0.29) is 11.0 Å². The molecular formula is C21H23FN2O4S. The van der Waals surface area contributed by atoms with Gasteiger partial charge in [-0.2, -0.15) is 0 Å². The molecule has 0 unspecified atom stereocenters.